The SMILES string of the molecule is Cc1cc(C)cc(NC(=O)Cn2c3c(c(=O)n2-c2ccccc2)Cc2ccccc2O3)c1. The molecule has 0 radical (unpaired) electrons. The number of para-hydroxylation sites is 2. The normalized spacial score (nSPS) is 11.9. The lowest BCUT2D eigenvalue weighted by Crippen LogP contribution is -2.27. The van der Waals surface area contributed by atoms with Crippen LogP contribution in [-0.2, 0) is 17.8 Å². The van der Waals surface area contributed by atoms with Crippen LogP contribution < -0.4 is 15.6 Å². The number of carbonyl (C=O) groups excluding carboxylic acids is 1. The van der Waals surface area contributed by atoms with E-state index < -0.39 is 0 Å². The summed E-state index contributed by atoms with van der Waals surface area (Å²) in [6.07, 6.45) is 0.461. The summed E-state index contributed by atoms with van der Waals surface area (Å²) in [6, 6.07) is 22.9. The lowest BCUT2D eigenvalue weighted by Gasteiger charge is -2.19. The molecule has 3 aromatic carbocycles. The lowest BCUT2D eigenvalue weighted by atomic mass is 10.0. The fourth-order valence-corrected chi connectivity index (χ4v) is 4.24. The Morgan fingerprint density at radius 1 is 0.969 bits per heavy atom. The molecule has 0 bridgehead atoms. The molecule has 32 heavy (non-hydrogen) atoms. The predicted octanol–water partition coefficient (Wildman–Crippen LogP) is 4.59. The highest BCUT2D eigenvalue weighted by atomic mass is 16.5. The molecule has 0 fully saturated rings. The van der Waals surface area contributed by atoms with Gasteiger partial charge in [-0.1, -0.05) is 42.5 Å². The van der Waals surface area contributed by atoms with E-state index in [0.717, 1.165) is 22.4 Å². The number of carbonyl (C=O) groups is 1. The van der Waals surface area contributed by atoms with Crippen molar-refractivity contribution in [2.45, 2.75) is 26.8 Å². The molecule has 4 aromatic rings. The average Bonchev–Trinajstić information content (AvgIpc) is 3.02. The number of anilines is 1. The van der Waals surface area contributed by atoms with Crippen molar-refractivity contribution >= 4 is 11.6 Å². The van der Waals surface area contributed by atoms with Crippen molar-refractivity contribution in [3.05, 3.63) is 105 Å². The number of benzene rings is 3. The van der Waals surface area contributed by atoms with Gasteiger partial charge in [0.2, 0.25) is 11.8 Å². The van der Waals surface area contributed by atoms with Gasteiger partial charge in [0.15, 0.2) is 0 Å². The zero-order chi connectivity index (χ0) is 22.2. The highest BCUT2D eigenvalue weighted by Crippen LogP contribution is 2.35. The quantitative estimate of drug-likeness (QED) is 0.458. The Hall–Kier alpha value is -4.06. The van der Waals surface area contributed by atoms with E-state index in [-0.39, 0.29) is 18.0 Å². The molecule has 0 aliphatic carbocycles. The third kappa shape index (κ3) is 3.60. The monoisotopic (exact) mass is 425 g/mol. The van der Waals surface area contributed by atoms with Gasteiger partial charge in [-0.05, 0) is 60.9 Å². The molecule has 1 aliphatic rings. The average molecular weight is 425 g/mol. The minimum absolute atomic E-state index is 0.0609. The molecule has 1 N–H and O–H groups in total. The van der Waals surface area contributed by atoms with Gasteiger partial charge in [0.05, 0.1) is 11.3 Å². The van der Waals surface area contributed by atoms with Crippen molar-refractivity contribution in [2.75, 3.05) is 5.32 Å². The summed E-state index contributed by atoms with van der Waals surface area (Å²) < 4.78 is 9.29. The molecule has 0 atom stereocenters. The Balaban J connectivity index is 1.56. The van der Waals surface area contributed by atoms with Gasteiger partial charge in [0.1, 0.15) is 12.3 Å². The Bertz CT molecular complexity index is 1360. The zero-order valence-corrected chi connectivity index (χ0v) is 18.0. The predicted molar refractivity (Wildman–Crippen MR) is 124 cm³/mol. The molecule has 1 aliphatic heterocycles. The number of amides is 1. The number of nitrogens with one attached hydrogen (secondary N) is 1. The summed E-state index contributed by atoms with van der Waals surface area (Å²) in [4.78, 5) is 26.4. The molecule has 0 saturated carbocycles. The van der Waals surface area contributed by atoms with Gasteiger partial charge in [-0.15, -0.1) is 0 Å². The standard InChI is InChI=1S/C26H23N3O3/c1-17-12-18(2)14-20(13-17)27-24(30)16-28-26-22(15-19-8-6-7-11-23(19)32-26)25(31)29(28)21-9-4-3-5-10-21/h3-14H,15-16H2,1-2H3,(H,27,30). The van der Waals surface area contributed by atoms with Crippen molar-refractivity contribution in [2.24, 2.45) is 0 Å². The van der Waals surface area contributed by atoms with Crippen LogP contribution in [0, 0.1) is 13.8 Å². The van der Waals surface area contributed by atoms with E-state index in [9.17, 15) is 9.59 Å². The summed E-state index contributed by atoms with van der Waals surface area (Å²) in [5, 5.41) is 2.96. The Labute approximate surface area is 185 Å². The van der Waals surface area contributed by atoms with E-state index in [2.05, 4.69) is 11.4 Å². The topological polar surface area (TPSA) is 65.3 Å². The van der Waals surface area contributed by atoms with Crippen LogP contribution in [0.1, 0.15) is 22.3 Å². The second-order valence-electron chi connectivity index (χ2n) is 8.10. The molecular weight excluding hydrogens is 402 g/mol. The molecule has 1 amide bonds. The summed E-state index contributed by atoms with van der Waals surface area (Å²) in [7, 11) is 0. The summed E-state index contributed by atoms with van der Waals surface area (Å²) >= 11 is 0. The Kier molecular flexibility index (Phi) is 4.90. The van der Waals surface area contributed by atoms with Crippen LogP contribution in [0.4, 0.5) is 5.69 Å². The first-order valence-electron chi connectivity index (χ1n) is 10.5. The Morgan fingerprint density at radius 3 is 2.41 bits per heavy atom. The van der Waals surface area contributed by atoms with Crippen molar-refractivity contribution in [1.82, 2.24) is 9.36 Å². The van der Waals surface area contributed by atoms with E-state index in [1.165, 1.54) is 4.68 Å². The van der Waals surface area contributed by atoms with Crippen molar-refractivity contribution in [1.29, 1.82) is 0 Å². The third-order valence-electron chi connectivity index (χ3n) is 5.53. The van der Waals surface area contributed by atoms with Gasteiger partial charge in [-0.2, -0.15) is 0 Å². The summed E-state index contributed by atoms with van der Waals surface area (Å²) in [5.74, 6) is 0.877. The van der Waals surface area contributed by atoms with Gasteiger partial charge < -0.3 is 10.1 Å². The first-order chi connectivity index (χ1) is 15.5. The number of hydrogen-bond acceptors (Lipinski definition) is 3. The van der Waals surface area contributed by atoms with Crippen molar-refractivity contribution < 1.29 is 9.53 Å². The summed E-state index contributed by atoms with van der Waals surface area (Å²) in [6.45, 7) is 3.92. The molecule has 6 nitrogen and oxygen atoms in total. The smallest absolute Gasteiger partial charge is 0.278 e. The fraction of sp³-hybridized carbons (Fsp3) is 0.154. The molecule has 1 aromatic heterocycles. The van der Waals surface area contributed by atoms with Crippen LogP contribution in [0.2, 0.25) is 0 Å². The Morgan fingerprint density at radius 2 is 1.66 bits per heavy atom. The van der Waals surface area contributed by atoms with Crippen LogP contribution in [0.3, 0.4) is 0 Å². The van der Waals surface area contributed by atoms with Crippen LogP contribution in [0.15, 0.2) is 77.6 Å². The second kappa shape index (κ2) is 7.89. The van der Waals surface area contributed by atoms with Crippen LogP contribution in [-0.4, -0.2) is 15.3 Å². The van der Waals surface area contributed by atoms with Gasteiger partial charge in [-0.3, -0.25) is 9.59 Å². The molecule has 0 spiro atoms. The molecule has 2 heterocycles. The highest BCUT2D eigenvalue weighted by Gasteiger charge is 2.29. The molecule has 0 unspecified atom stereocenters. The molecular formula is C26H23N3O3. The van der Waals surface area contributed by atoms with E-state index in [1.54, 1.807) is 4.68 Å². The third-order valence-corrected chi connectivity index (χ3v) is 5.53. The van der Waals surface area contributed by atoms with E-state index in [1.807, 2.05) is 80.6 Å². The maximum atomic E-state index is 13.4. The van der Waals surface area contributed by atoms with Gasteiger partial charge in [0, 0.05) is 12.1 Å². The number of aromatic nitrogens is 2. The van der Waals surface area contributed by atoms with Crippen LogP contribution in [0.5, 0.6) is 11.6 Å². The number of hydrogen-bond donors (Lipinski definition) is 1. The minimum Gasteiger partial charge on any atom is -0.439 e. The number of aryl methyl sites for hydroxylation is 2. The maximum Gasteiger partial charge on any atom is 0.278 e. The molecule has 0 saturated heterocycles. The molecule has 6 heteroatoms. The van der Waals surface area contributed by atoms with Gasteiger partial charge >= 0.3 is 0 Å². The number of fused-ring (bicyclic) bond motifs is 2. The highest BCUT2D eigenvalue weighted by molar-refractivity contribution is 5.90. The lowest BCUT2D eigenvalue weighted by molar-refractivity contribution is -0.117. The van der Waals surface area contributed by atoms with E-state index >= 15 is 0 Å². The first-order valence-corrected chi connectivity index (χ1v) is 10.5. The minimum atomic E-state index is -0.236. The number of nitrogens with zero attached hydrogens (tertiary/aromatic N) is 2. The second-order valence-corrected chi connectivity index (χ2v) is 8.10. The fourth-order valence-electron chi connectivity index (χ4n) is 4.24. The maximum absolute atomic E-state index is 13.4. The van der Waals surface area contributed by atoms with Crippen LogP contribution >= 0.6 is 0 Å². The van der Waals surface area contributed by atoms with Gasteiger partial charge in [-0.25, -0.2) is 9.36 Å². The number of ether oxygens (including phenoxy) is 1. The number of rotatable bonds is 4. The van der Waals surface area contributed by atoms with E-state index in [4.69, 9.17) is 4.74 Å². The molecule has 160 valence electrons. The largest absolute Gasteiger partial charge is 0.439 e. The van der Waals surface area contributed by atoms with Gasteiger partial charge in [0.25, 0.3) is 5.56 Å². The first kappa shape index (κ1) is 19.9. The van der Waals surface area contributed by atoms with Crippen molar-refractivity contribution in [3.8, 4) is 17.3 Å². The van der Waals surface area contributed by atoms with Crippen LogP contribution in [0.25, 0.3) is 5.69 Å². The van der Waals surface area contributed by atoms with E-state index in [0.29, 0.717) is 29.3 Å². The zero-order valence-electron chi connectivity index (χ0n) is 18.0. The van der Waals surface area contributed by atoms with Crippen molar-refractivity contribution in [3.63, 3.8) is 0 Å². The summed E-state index contributed by atoms with van der Waals surface area (Å²) in [5.41, 5.74) is 4.87. The molecule has 5 rings (SSSR count).